The maximum absolute atomic E-state index is 13.0. The van der Waals surface area contributed by atoms with Crippen LogP contribution >= 0.6 is 0 Å². The van der Waals surface area contributed by atoms with Crippen LogP contribution in [0.15, 0.2) is 54.4 Å². The van der Waals surface area contributed by atoms with E-state index in [0.29, 0.717) is 24.5 Å². The van der Waals surface area contributed by atoms with Gasteiger partial charge in [-0.1, -0.05) is 12.1 Å². The Labute approximate surface area is 176 Å². The van der Waals surface area contributed by atoms with Crippen molar-refractivity contribution in [1.29, 1.82) is 0 Å². The number of hydrogen-bond donors (Lipinski definition) is 2. The molecule has 1 amide bonds. The normalized spacial score (nSPS) is 18.3. The number of pyridine rings is 1. The highest BCUT2D eigenvalue weighted by atomic mass is 16.5. The second-order valence-electron chi connectivity index (χ2n) is 7.54. The molecule has 0 unspecified atom stereocenters. The molecule has 7 nitrogen and oxygen atoms in total. The number of carbonyl (C=O) groups excluding carboxylic acids is 2. The number of nitrogens with one attached hydrogen (secondary N) is 1. The number of likely N-dealkylation sites (tertiary alicyclic amines) is 1. The van der Waals surface area contributed by atoms with Gasteiger partial charge in [0, 0.05) is 30.9 Å². The van der Waals surface area contributed by atoms with Gasteiger partial charge in [0.1, 0.15) is 11.5 Å². The molecule has 7 heteroatoms. The van der Waals surface area contributed by atoms with Crippen LogP contribution in [0.2, 0.25) is 0 Å². The summed E-state index contributed by atoms with van der Waals surface area (Å²) in [5, 5.41) is 11.1. The van der Waals surface area contributed by atoms with Crippen molar-refractivity contribution >= 4 is 17.4 Å². The van der Waals surface area contributed by atoms with E-state index in [2.05, 4.69) is 4.98 Å². The fourth-order valence-electron chi connectivity index (χ4n) is 3.66. The number of rotatable bonds is 8. The van der Waals surface area contributed by atoms with Crippen molar-refractivity contribution in [3.05, 3.63) is 65.5 Å². The molecule has 1 saturated heterocycles. The van der Waals surface area contributed by atoms with E-state index >= 15 is 0 Å². The minimum absolute atomic E-state index is 0.0945. The molecule has 158 valence electrons. The smallest absolute Gasteiger partial charge is 0.295 e. The highest BCUT2D eigenvalue weighted by Crippen LogP contribution is 2.39. The van der Waals surface area contributed by atoms with E-state index in [9.17, 15) is 14.7 Å². The Morgan fingerprint density at radius 2 is 1.93 bits per heavy atom. The maximum Gasteiger partial charge on any atom is 0.295 e. The summed E-state index contributed by atoms with van der Waals surface area (Å²) < 4.78 is 5.51. The molecule has 2 aromatic rings. The van der Waals surface area contributed by atoms with Crippen molar-refractivity contribution in [3.8, 4) is 5.75 Å². The number of ketones is 1. The highest BCUT2D eigenvalue weighted by Gasteiger charge is 2.45. The second kappa shape index (κ2) is 9.54. The topological polar surface area (TPSA) is 84.2 Å². The molecule has 0 saturated carbocycles. The maximum atomic E-state index is 13.0. The van der Waals surface area contributed by atoms with Crippen molar-refractivity contribution in [3.63, 3.8) is 0 Å². The molecule has 0 bridgehead atoms. The average molecular weight is 410 g/mol. The number of benzene rings is 1. The molecule has 1 atom stereocenters. The van der Waals surface area contributed by atoms with Gasteiger partial charge in [0.2, 0.25) is 0 Å². The molecule has 1 aliphatic heterocycles. The first kappa shape index (κ1) is 21.5. The Bertz CT molecular complexity index is 940. The number of hydrogen-bond acceptors (Lipinski definition) is 5. The van der Waals surface area contributed by atoms with Gasteiger partial charge in [-0.3, -0.25) is 14.6 Å². The minimum Gasteiger partial charge on any atom is -0.507 e. The van der Waals surface area contributed by atoms with E-state index in [1.807, 2.05) is 21.0 Å². The standard InChI is InChI=1S/C23H27N3O4/c1-4-30-18-8-5-7-17(15-18)21(27)19-20(16-9-11-24-12-10-16)26(23(29)22(19)28)14-6-13-25(2)3/h5,7-12,15,20,27H,4,6,13-14H2,1-3H3/p+1/t20-/m1/s1. The van der Waals surface area contributed by atoms with Crippen molar-refractivity contribution in [1.82, 2.24) is 9.88 Å². The molecule has 3 rings (SSSR count). The monoisotopic (exact) mass is 410 g/mol. The van der Waals surface area contributed by atoms with Gasteiger partial charge < -0.3 is 19.6 Å². The number of quaternary nitrogens is 1. The predicted molar refractivity (Wildman–Crippen MR) is 113 cm³/mol. The number of Topliss-reactive ketones (excluding diaryl/α,β-unsaturated/α-hetero) is 1. The van der Waals surface area contributed by atoms with Crippen molar-refractivity contribution in [2.24, 2.45) is 0 Å². The third kappa shape index (κ3) is 4.52. The van der Waals surface area contributed by atoms with Gasteiger partial charge in [-0.15, -0.1) is 0 Å². The van der Waals surface area contributed by atoms with Gasteiger partial charge in [0.15, 0.2) is 0 Å². The molecule has 30 heavy (non-hydrogen) atoms. The lowest BCUT2D eigenvalue weighted by atomic mass is 9.96. The van der Waals surface area contributed by atoms with E-state index in [0.717, 1.165) is 18.5 Å². The van der Waals surface area contributed by atoms with Gasteiger partial charge in [-0.2, -0.15) is 0 Å². The molecule has 0 radical (unpaired) electrons. The Balaban J connectivity index is 2.06. The van der Waals surface area contributed by atoms with Crippen LogP contribution in [-0.4, -0.2) is 60.5 Å². The van der Waals surface area contributed by atoms with Gasteiger partial charge in [0.25, 0.3) is 11.7 Å². The summed E-state index contributed by atoms with van der Waals surface area (Å²) in [5.41, 5.74) is 1.27. The quantitative estimate of drug-likeness (QED) is 0.391. The van der Waals surface area contributed by atoms with Crippen LogP contribution in [-0.2, 0) is 9.59 Å². The summed E-state index contributed by atoms with van der Waals surface area (Å²) >= 11 is 0. The first-order chi connectivity index (χ1) is 14.4. The summed E-state index contributed by atoms with van der Waals surface area (Å²) in [6.07, 6.45) is 3.99. The lowest BCUT2D eigenvalue weighted by Gasteiger charge is -2.25. The number of aliphatic hydroxyl groups is 1. The van der Waals surface area contributed by atoms with Crippen molar-refractivity contribution in [2.45, 2.75) is 19.4 Å². The Hall–Kier alpha value is -3.19. The van der Waals surface area contributed by atoms with Crippen LogP contribution in [0.5, 0.6) is 5.75 Å². The third-order valence-electron chi connectivity index (χ3n) is 5.06. The van der Waals surface area contributed by atoms with Crippen LogP contribution < -0.4 is 9.64 Å². The fraction of sp³-hybridized carbons (Fsp3) is 0.348. The van der Waals surface area contributed by atoms with Crippen LogP contribution in [0.25, 0.3) is 5.76 Å². The van der Waals surface area contributed by atoms with Crippen molar-refractivity contribution < 1.29 is 24.3 Å². The van der Waals surface area contributed by atoms with E-state index in [4.69, 9.17) is 4.74 Å². The molecule has 1 aromatic heterocycles. The number of nitrogens with zero attached hydrogens (tertiary/aromatic N) is 2. The van der Waals surface area contributed by atoms with Crippen LogP contribution in [0, 0.1) is 0 Å². The molecule has 0 spiro atoms. The fourth-order valence-corrected chi connectivity index (χ4v) is 3.66. The molecule has 2 heterocycles. The van der Waals surface area contributed by atoms with E-state index < -0.39 is 17.7 Å². The summed E-state index contributed by atoms with van der Waals surface area (Å²) in [5.74, 6) is -0.871. The number of carbonyl (C=O) groups is 2. The van der Waals surface area contributed by atoms with Gasteiger partial charge >= 0.3 is 0 Å². The lowest BCUT2D eigenvalue weighted by Crippen LogP contribution is -3.05. The summed E-state index contributed by atoms with van der Waals surface area (Å²) in [6.45, 7) is 3.65. The van der Waals surface area contributed by atoms with Crippen LogP contribution in [0.1, 0.15) is 30.5 Å². The SMILES string of the molecule is CCOc1cccc(C(O)=C2C(=O)C(=O)N(CCC[NH+](C)C)[C@@H]2c2ccncc2)c1. The molecule has 0 aliphatic carbocycles. The Morgan fingerprint density at radius 1 is 1.20 bits per heavy atom. The molecule has 2 N–H and O–H groups in total. The average Bonchev–Trinajstić information content (AvgIpc) is 2.99. The van der Waals surface area contributed by atoms with Gasteiger partial charge in [-0.05, 0) is 36.8 Å². The molecule has 1 aliphatic rings. The Kier molecular flexibility index (Phi) is 6.84. The molecule has 1 aromatic carbocycles. The number of aromatic nitrogens is 1. The van der Waals surface area contributed by atoms with Crippen molar-refractivity contribution in [2.75, 3.05) is 33.8 Å². The number of amides is 1. The molecular formula is C23H28N3O4+. The van der Waals surface area contributed by atoms with Gasteiger partial charge in [0.05, 0.1) is 38.9 Å². The zero-order valence-corrected chi connectivity index (χ0v) is 17.6. The largest absolute Gasteiger partial charge is 0.507 e. The number of aliphatic hydroxyl groups excluding tert-OH is 1. The summed E-state index contributed by atoms with van der Waals surface area (Å²) in [6, 6.07) is 9.78. The first-order valence-electron chi connectivity index (χ1n) is 10.1. The van der Waals surface area contributed by atoms with Gasteiger partial charge in [-0.25, -0.2) is 0 Å². The zero-order valence-electron chi connectivity index (χ0n) is 17.6. The van der Waals surface area contributed by atoms with E-state index in [1.165, 1.54) is 4.90 Å². The molecule has 1 fully saturated rings. The predicted octanol–water partition coefficient (Wildman–Crippen LogP) is 1.44. The Morgan fingerprint density at radius 3 is 2.60 bits per heavy atom. The summed E-state index contributed by atoms with van der Waals surface area (Å²) in [7, 11) is 4.08. The second-order valence-corrected chi connectivity index (χ2v) is 7.54. The number of ether oxygens (including phenoxy) is 1. The van der Waals surface area contributed by atoms with Crippen LogP contribution in [0.4, 0.5) is 0 Å². The first-order valence-corrected chi connectivity index (χ1v) is 10.1. The zero-order chi connectivity index (χ0) is 21.7. The molecular weight excluding hydrogens is 382 g/mol. The summed E-state index contributed by atoms with van der Waals surface area (Å²) in [4.78, 5) is 32.7. The van der Waals surface area contributed by atoms with Crippen LogP contribution in [0.3, 0.4) is 0 Å². The third-order valence-corrected chi connectivity index (χ3v) is 5.06. The van der Waals surface area contributed by atoms with E-state index in [1.54, 1.807) is 53.7 Å². The lowest BCUT2D eigenvalue weighted by molar-refractivity contribution is -0.858. The van der Waals surface area contributed by atoms with E-state index in [-0.39, 0.29) is 11.3 Å². The highest BCUT2D eigenvalue weighted by molar-refractivity contribution is 6.46. The minimum atomic E-state index is -0.673.